The molecule has 1 aromatic rings. The van der Waals surface area contributed by atoms with Crippen molar-refractivity contribution in [1.29, 1.82) is 0 Å². The second kappa shape index (κ2) is 5.33. The largest absolute Gasteiger partial charge is 0.411 e. The van der Waals surface area contributed by atoms with Crippen LogP contribution in [0.5, 0.6) is 0 Å². The van der Waals surface area contributed by atoms with Gasteiger partial charge in [-0.15, -0.1) is 0 Å². The number of alkyl halides is 3. The number of H-pyrrole nitrogens is 1. The van der Waals surface area contributed by atoms with Crippen molar-refractivity contribution in [2.24, 2.45) is 0 Å². The molecule has 2 heterocycles. The van der Waals surface area contributed by atoms with Gasteiger partial charge in [-0.05, 0) is 0 Å². The van der Waals surface area contributed by atoms with Crippen LogP contribution in [0.2, 0.25) is 0 Å². The Balaban J connectivity index is 2.06. The van der Waals surface area contributed by atoms with Crippen LogP contribution >= 0.6 is 12.2 Å². The summed E-state index contributed by atoms with van der Waals surface area (Å²) in [5.74, 6) is 0.338. The van der Waals surface area contributed by atoms with Crippen LogP contribution in [0.3, 0.4) is 0 Å². The maximum Gasteiger partial charge on any atom is 0.411 e. The lowest BCUT2D eigenvalue weighted by atomic mass is 10.1. The highest BCUT2D eigenvalue weighted by Gasteiger charge is 2.27. The Morgan fingerprint density at radius 1 is 1.39 bits per heavy atom. The van der Waals surface area contributed by atoms with Crippen molar-refractivity contribution in [3.05, 3.63) is 21.7 Å². The van der Waals surface area contributed by atoms with Crippen LogP contribution < -0.4 is 5.32 Å². The summed E-state index contributed by atoms with van der Waals surface area (Å²) in [4.78, 5) is 7.01. The fraction of sp³-hybridized carbons (Fsp3) is 0.600. The highest BCUT2D eigenvalue weighted by molar-refractivity contribution is 7.71. The third kappa shape index (κ3) is 3.50. The normalized spacial score (nSPS) is 15.5. The van der Waals surface area contributed by atoms with Gasteiger partial charge < -0.3 is 15.0 Å². The van der Waals surface area contributed by atoms with E-state index in [1.165, 1.54) is 0 Å². The predicted molar refractivity (Wildman–Crippen MR) is 60.5 cm³/mol. The quantitative estimate of drug-likeness (QED) is 0.829. The molecular formula is C10H12F3N3OS. The third-order valence-corrected chi connectivity index (χ3v) is 2.85. The fourth-order valence-electron chi connectivity index (χ4n) is 1.75. The Morgan fingerprint density at radius 3 is 2.89 bits per heavy atom. The first-order valence-electron chi connectivity index (χ1n) is 5.42. The van der Waals surface area contributed by atoms with Crippen LogP contribution in [-0.4, -0.2) is 29.3 Å². The van der Waals surface area contributed by atoms with Crippen molar-refractivity contribution < 1.29 is 17.9 Å². The van der Waals surface area contributed by atoms with Gasteiger partial charge >= 0.3 is 6.18 Å². The van der Waals surface area contributed by atoms with E-state index >= 15 is 0 Å². The van der Waals surface area contributed by atoms with Gasteiger partial charge in [0.2, 0.25) is 0 Å². The average molecular weight is 279 g/mol. The summed E-state index contributed by atoms with van der Waals surface area (Å²) in [5.41, 5.74) is 1.84. The van der Waals surface area contributed by atoms with Gasteiger partial charge in [0.25, 0.3) is 0 Å². The number of rotatable bonds is 3. The molecule has 1 aromatic heterocycles. The summed E-state index contributed by atoms with van der Waals surface area (Å²) in [6, 6.07) is 0. The summed E-state index contributed by atoms with van der Waals surface area (Å²) in [6.45, 7) is -0.0513. The summed E-state index contributed by atoms with van der Waals surface area (Å²) < 4.78 is 40.7. The molecule has 0 aliphatic carbocycles. The molecule has 1 aliphatic rings. The van der Waals surface area contributed by atoms with Gasteiger partial charge in [-0.25, -0.2) is 4.98 Å². The molecule has 8 heteroatoms. The van der Waals surface area contributed by atoms with E-state index in [9.17, 15) is 13.2 Å². The second-order valence-corrected chi connectivity index (χ2v) is 4.37. The number of halogens is 3. The molecule has 100 valence electrons. The van der Waals surface area contributed by atoms with Crippen LogP contribution in [0.15, 0.2) is 0 Å². The minimum absolute atomic E-state index is 0.218. The number of aromatic amines is 1. The summed E-state index contributed by atoms with van der Waals surface area (Å²) >= 11 is 5.10. The zero-order chi connectivity index (χ0) is 13.2. The molecule has 0 saturated carbocycles. The minimum Gasteiger partial charge on any atom is -0.364 e. The van der Waals surface area contributed by atoms with Gasteiger partial charge in [0.15, 0.2) is 0 Å². The number of nitrogens with one attached hydrogen (secondary N) is 2. The van der Waals surface area contributed by atoms with Crippen molar-refractivity contribution in [2.75, 3.05) is 13.2 Å². The van der Waals surface area contributed by atoms with Crippen LogP contribution in [-0.2, 0) is 24.3 Å². The van der Waals surface area contributed by atoms with Crippen molar-refractivity contribution >= 4 is 12.2 Å². The van der Waals surface area contributed by atoms with Crippen LogP contribution in [0.25, 0.3) is 0 Å². The SMILES string of the molecule is FC(F)(F)COCc1nc(=S)c2c([nH]1)CCNC2. The van der Waals surface area contributed by atoms with E-state index < -0.39 is 12.8 Å². The zero-order valence-electron chi connectivity index (χ0n) is 9.43. The highest BCUT2D eigenvalue weighted by Crippen LogP contribution is 2.16. The van der Waals surface area contributed by atoms with E-state index in [1.807, 2.05) is 0 Å². The van der Waals surface area contributed by atoms with Crippen LogP contribution in [0.1, 0.15) is 17.1 Å². The second-order valence-electron chi connectivity index (χ2n) is 3.98. The number of ether oxygens (including phenoxy) is 1. The fourth-order valence-corrected chi connectivity index (χ4v) is 2.06. The average Bonchev–Trinajstić information content (AvgIpc) is 2.27. The first-order chi connectivity index (χ1) is 8.46. The van der Waals surface area contributed by atoms with Gasteiger partial charge in [0, 0.05) is 30.8 Å². The first-order valence-corrected chi connectivity index (χ1v) is 5.83. The number of hydrogen-bond donors (Lipinski definition) is 2. The molecule has 0 amide bonds. The van der Waals surface area contributed by atoms with E-state index in [4.69, 9.17) is 12.2 Å². The molecule has 1 aliphatic heterocycles. The smallest absolute Gasteiger partial charge is 0.364 e. The summed E-state index contributed by atoms with van der Waals surface area (Å²) in [7, 11) is 0. The lowest BCUT2D eigenvalue weighted by Gasteiger charge is -2.17. The molecule has 0 fully saturated rings. The standard InChI is InChI=1S/C10H12F3N3OS/c11-10(12,13)5-17-4-8-15-7-1-2-14-3-6(7)9(18)16-8/h14H,1-5H2,(H,15,16,18). The van der Waals surface area contributed by atoms with Gasteiger partial charge in [0.1, 0.15) is 23.7 Å². The predicted octanol–water partition coefficient (Wildman–Crippen LogP) is 1.86. The molecule has 0 saturated heterocycles. The third-order valence-electron chi connectivity index (χ3n) is 2.51. The number of aromatic nitrogens is 2. The molecule has 0 bridgehead atoms. The maximum atomic E-state index is 11.9. The van der Waals surface area contributed by atoms with Crippen molar-refractivity contribution in [3.8, 4) is 0 Å². The van der Waals surface area contributed by atoms with Crippen molar-refractivity contribution in [2.45, 2.75) is 25.7 Å². The van der Waals surface area contributed by atoms with E-state index in [1.54, 1.807) is 0 Å². The minimum atomic E-state index is -4.32. The number of hydrogen-bond acceptors (Lipinski definition) is 4. The van der Waals surface area contributed by atoms with Gasteiger partial charge in [0.05, 0.1) is 0 Å². The number of nitrogens with zero attached hydrogens (tertiary/aromatic N) is 1. The molecule has 18 heavy (non-hydrogen) atoms. The lowest BCUT2D eigenvalue weighted by Crippen LogP contribution is -2.26. The Morgan fingerprint density at radius 2 is 2.17 bits per heavy atom. The van der Waals surface area contributed by atoms with Gasteiger partial charge in [-0.1, -0.05) is 12.2 Å². The highest BCUT2D eigenvalue weighted by atomic mass is 32.1. The molecule has 4 nitrogen and oxygen atoms in total. The Kier molecular flexibility index (Phi) is 3.98. The Hall–Kier alpha value is -0.990. The van der Waals surface area contributed by atoms with E-state index in [0.717, 1.165) is 24.2 Å². The van der Waals surface area contributed by atoms with Gasteiger partial charge in [-0.2, -0.15) is 13.2 Å². The van der Waals surface area contributed by atoms with Gasteiger partial charge in [-0.3, -0.25) is 0 Å². The van der Waals surface area contributed by atoms with Crippen LogP contribution in [0.4, 0.5) is 13.2 Å². The molecule has 0 aromatic carbocycles. The summed E-state index contributed by atoms with van der Waals surface area (Å²) in [5, 5.41) is 3.16. The molecule has 0 radical (unpaired) electrons. The van der Waals surface area contributed by atoms with E-state index in [2.05, 4.69) is 20.0 Å². The lowest BCUT2D eigenvalue weighted by molar-refractivity contribution is -0.177. The van der Waals surface area contributed by atoms with E-state index in [-0.39, 0.29) is 6.61 Å². The zero-order valence-corrected chi connectivity index (χ0v) is 10.2. The number of fused-ring (bicyclic) bond motifs is 1. The molecular weight excluding hydrogens is 267 g/mol. The molecule has 2 N–H and O–H groups in total. The first kappa shape index (κ1) is 13.4. The van der Waals surface area contributed by atoms with E-state index in [0.29, 0.717) is 17.0 Å². The van der Waals surface area contributed by atoms with Crippen molar-refractivity contribution in [3.63, 3.8) is 0 Å². The monoisotopic (exact) mass is 279 g/mol. The Bertz CT molecular complexity index is 486. The van der Waals surface area contributed by atoms with Crippen molar-refractivity contribution in [1.82, 2.24) is 15.3 Å². The molecule has 0 unspecified atom stereocenters. The molecule has 0 atom stereocenters. The maximum absolute atomic E-state index is 11.9. The molecule has 2 rings (SSSR count). The molecule has 0 spiro atoms. The summed E-state index contributed by atoms with van der Waals surface area (Å²) in [6.07, 6.45) is -3.57. The topological polar surface area (TPSA) is 49.9 Å². The Labute approximate surface area is 107 Å². The van der Waals surface area contributed by atoms with Crippen LogP contribution in [0, 0.1) is 4.64 Å².